The summed E-state index contributed by atoms with van der Waals surface area (Å²) in [6, 6.07) is 8.03. The van der Waals surface area contributed by atoms with Gasteiger partial charge in [-0.2, -0.15) is 5.10 Å². The average molecular weight is 370 g/mol. The summed E-state index contributed by atoms with van der Waals surface area (Å²) >= 11 is 0. The van der Waals surface area contributed by atoms with Gasteiger partial charge in [-0.25, -0.2) is 4.68 Å². The number of amides is 1. The van der Waals surface area contributed by atoms with Crippen molar-refractivity contribution in [1.29, 1.82) is 0 Å². The number of methoxy groups -OCH3 is 1. The number of rotatable bonds is 4. The van der Waals surface area contributed by atoms with E-state index < -0.39 is 0 Å². The number of ether oxygens (including phenoxy) is 2. The number of aromatic nitrogens is 2. The lowest BCUT2D eigenvalue weighted by atomic mass is 9.90. The largest absolute Gasteiger partial charge is 0.497 e. The maximum absolute atomic E-state index is 11.6. The Balaban J connectivity index is 1.46. The van der Waals surface area contributed by atoms with Crippen molar-refractivity contribution in [3.63, 3.8) is 0 Å². The van der Waals surface area contributed by atoms with Crippen LogP contribution in [0.1, 0.15) is 24.8 Å². The number of carbonyl (C=O) groups is 1. The Morgan fingerprint density at radius 2 is 2.19 bits per heavy atom. The Morgan fingerprint density at radius 1 is 1.33 bits per heavy atom. The van der Waals surface area contributed by atoms with Crippen LogP contribution >= 0.6 is 0 Å². The number of nitrogens with zero attached hydrogens (tertiary/aromatic N) is 3. The van der Waals surface area contributed by atoms with E-state index in [2.05, 4.69) is 27.4 Å². The van der Waals surface area contributed by atoms with E-state index >= 15 is 0 Å². The Bertz CT molecular complexity index is 783. The number of hydrogen-bond acceptors (Lipinski definition) is 5. The minimum Gasteiger partial charge on any atom is -0.497 e. The number of piperidine rings is 1. The van der Waals surface area contributed by atoms with Crippen LogP contribution in [-0.4, -0.2) is 59.5 Å². The van der Waals surface area contributed by atoms with Crippen LogP contribution in [0.25, 0.3) is 5.69 Å². The highest BCUT2D eigenvalue weighted by atomic mass is 16.5. The molecule has 1 aromatic heterocycles. The summed E-state index contributed by atoms with van der Waals surface area (Å²) in [6.45, 7) is 3.84. The first kappa shape index (κ1) is 18.0. The molecule has 1 spiro atoms. The third-order valence-corrected chi connectivity index (χ3v) is 5.54. The Morgan fingerprint density at radius 3 is 2.93 bits per heavy atom. The van der Waals surface area contributed by atoms with Crippen molar-refractivity contribution in [3.05, 3.63) is 42.2 Å². The van der Waals surface area contributed by atoms with Gasteiger partial charge in [-0.3, -0.25) is 9.69 Å². The second kappa shape index (κ2) is 7.70. The van der Waals surface area contributed by atoms with Crippen molar-refractivity contribution in [3.8, 4) is 11.4 Å². The molecule has 0 unspecified atom stereocenters. The summed E-state index contributed by atoms with van der Waals surface area (Å²) in [6.07, 6.45) is 6.06. The fourth-order valence-electron chi connectivity index (χ4n) is 3.89. The molecule has 2 fully saturated rings. The van der Waals surface area contributed by atoms with E-state index in [0.29, 0.717) is 19.6 Å². The van der Waals surface area contributed by atoms with Gasteiger partial charge in [0.1, 0.15) is 5.75 Å². The second-order valence-corrected chi connectivity index (χ2v) is 7.28. The SMILES string of the molecule is COc1ccc(-n2cccn2)c(CN2CCC3(CC2)CNC(=O)CCO3)c1. The van der Waals surface area contributed by atoms with Gasteiger partial charge >= 0.3 is 0 Å². The first-order valence-corrected chi connectivity index (χ1v) is 9.47. The van der Waals surface area contributed by atoms with Crippen LogP contribution in [0, 0.1) is 0 Å². The second-order valence-electron chi connectivity index (χ2n) is 7.28. The summed E-state index contributed by atoms with van der Waals surface area (Å²) in [5.41, 5.74) is 2.05. The van der Waals surface area contributed by atoms with E-state index in [1.165, 1.54) is 5.56 Å². The molecule has 1 N–H and O–H groups in total. The molecule has 4 rings (SSSR count). The van der Waals surface area contributed by atoms with Gasteiger partial charge in [0.15, 0.2) is 0 Å². The summed E-state index contributed by atoms with van der Waals surface area (Å²) in [5.74, 6) is 0.943. The van der Waals surface area contributed by atoms with Crippen LogP contribution in [0.2, 0.25) is 0 Å². The molecule has 3 heterocycles. The number of benzene rings is 1. The number of carbonyl (C=O) groups excluding carboxylic acids is 1. The summed E-state index contributed by atoms with van der Waals surface area (Å²) in [4.78, 5) is 14.0. The smallest absolute Gasteiger partial charge is 0.222 e. The molecule has 0 aliphatic carbocycles. The van der Waals surface area contributed by atoms with Crippen molar-refractivity contribution in [1.82, 2.24) is 20.0 Å². The lowest BCUT2D eigenvalue weighted by Gasteiger charge is -2.41. The standard InChI is InChI=1S/C20H26N4O3/c1-26-17-3-4-18(24-9-2-8-22-24)16(13-17)14-23-10-6-20(7-11-23)15-21-19(25)5-12-27-20/h2-4,8-9,13H,5-7,10-12,14-15H2,1H3,(H,21,25). The van der Waals surface area contributed by atoms with Crippen molar-refractivity contribution >= 4 is 5.91 Å². The Kier molecular flexibility index (Phi) is 5.13. The summed E-state index contributed by atoms with van der Waals surface area (Å²) in [7, 11) is 1.69. The van der Waals surface area contributed by atoms with Gasteiger partial charge in [-0.15, -0.1) is 0 Å². The molecular formula is C20H26N4O3. The predicted molar refractivity (Wildman–Crippen MR) is 101 cm³/mol. The monoisotopic (exact) mass is 370 g/mol. The lowest BCUT2D eigenvalue weighted by molar-refractivity contribution is -0.120. The van der Waals surface area contributed by atoms with E-state index in [0.717, 1.165) is 43.9 Å². The van der Waals surface area contributed by atoms with Crippen LogP contribution < -0.4 is 10.1 Å². The van der Waals surface area contributed by atoms with E-state index in [1.54, 1.807) is 13.3 Å². The fraction of sp³-hybridized carbons (Fsp3) is 0.500. The van der Waals surface area contributed by atoms with Gasteiger partial charge in [-0.05, 0) is 42.7 Å². The zero-order valence-corrected chi connectivity index (χ0v) is 15.7. The summed E-state index contributed by atoms with van der Waals surface area (Å²) < 4.78 is 13.4. The highest BCUT2D eigenvalue weighted by molar-refractivity contribution is 5.76. The number of nitrogens with one attached hydrogen (secondary N) is 1. The molecule has 27 heavy (non-hydrogen) atoms. The first-order valence-electron chi connectivity index (χ1n) is 9.47. The molecule has 1 amide bonds. The van der Waals surface area contributed by atoms with Crippen LogP contribution in [-0.2, 0) is 16.1 Å². The molecule has 2 aromatic rings. The third kappa shape index (κ3) is 3.99. The Hall–Kier alpha value is -2.38. The van der Waals surface area contributed by atoms with Gasteiger partial charge in [0.05, 0.1) is 25.0 Å². The van der Waals surface area contributed by atoms with Crippen molar-refractivity contribution in [2.45, 2.75) is 31.4 Å². The molecule has 2 aliphatic heterocycles. The van der Waals surface area contributed by atoms with Gasteiger partial charge in [-0.1, -0.05) is 0 Å². The normalized spacial score (nSPS) is 20.3. The zero-order valence-electron chi connectivity index (χ0n) is 15.7. The molecule has 0 saturated carbocycles. The molecule has 144 valence electrons. The molecule has 7 nitrogen and oxygen atoms in total. The minimum atomic E-state index is -0.206. The van der Waals surface area contributed by atoms with Crippen molar-refractivity contribution in [2.24, 2.45) is 0 Å². The van der Waals surface area contributed by atoms with Crippen LogP contribution in [0.3, 0.4) is 0 Å². The quantitative estimate of drug-likeness (QED) is 0.888. The van der Waals surface area contributed by atoms with Crippen LogP contribution in [0.4, 0.5) is 0 Å². The van der Waals surface area contributed by atoms with Gasteiger partial charge in [0, 0.05) is 45.0 Å². The maximum Gasteiger partial charge on any atom is 0.222 e. The molecule has 7 heteroatoms. The van der Waals surface area contributed by atoms with Gasteiger partial charge in [0.25, 0.3) is 0 Å². The Labute approximate surface area is 159 Å². The number of likely N-dealkylation sites (tertiary alicyclic amines) is 1. The molecular weight excluding hydrogens is 344 g/mol. The fourth-order valence-corrected chi connectivity index (χ4v) is 3.89. The molecule has 2 saturated heterocycles. The minimum absolute atomic E-state index is 0.0922. The van der Waals surface area contributed by atoms with Crippen LogP contribution in [0.5, 0.6) is 5.75 Å². The van der Waals surface area contributed by atoms with Crippen molar-refractivity contribution in [2.75, 3.05) is 33.4 Å². The van der Waals surface area contributed by atoms with Crippen LogP contribution in [0.15, 0.2) is 36.7 Å². The zero-order chi connectivity index (χ0) is 18.7. The third-order valence-electron chi connectivity index (χ3n) is 5.54. The topological polar surface area (TPSA) is 68.6 Å². The predicted octanol–water partition coefficient (Wildman–Crippen LogP) is 1.75. The van der Waals surface area contributed by atoms with E-state index in [9.17, 15) is 4.79 Å². The summed E-state index contributed by atoms with van der Waals surface area (Å²) in [5, 5.41) is 7.38. The lowest BCUT2D eigenvalue weighted by Crippen LogP contribution is -2.50. The van der Waals surface area contributed by atoms with Gasteiger partial charge < -0.3 is 14.8 Å². The molecule has 0 radical (unpaired) electrons. The highest BCUT2D eigenvalue weighted by Crippen LogP contribution is 2.30. The van der Waals surface area contributed by atoms with Gasteiger partial charge in [0.2, 0.25) is 5.91 Å². The van der Waals surface area contributed by atoms with E-state index in [4.69, 9.17) is 9.47 Å². The van der Waals surface area contributed by atoms with E-state index in [-0.39, 0.29) is 11.5 Å². The maximum atomic E-state index is 11.6. The molecule has 0 atom stereocenters. The van der Waals surface area contributed by atoms with E-state index in [1.807, 2.05) is 23.0 Å². The molecule has 2 aliphatic rings. The highest BCUT2D eigenvalue weighted by Gasteiger charge is 2.37. The molecule has 0 bridgehead atoms. The first-order chi connectivity index (χ1) is 13.2. The number of hydrogen-bond donors (Lipinski definition) is 1. The average Bonchev–Trinajstić information content (AvgIpc) is 3.16. The molecule has 1 aromatic carbocycles. The van der Waals surface area contributed by atoms with Crippen molar-refractivity contribution < 1.29 is 14.3 Å².